The van der Waals surface area contributed by atoms with E-state index in [2.05, 4.69) is 44.4 Å². The van der Waals surface area contributed by atoms with Crippen molar-refractivity contribution in [3.63, 3.8) is 0 Å². The Hall–Kier alpha value is -0.163. The summed E-state index contributed by atoms with van der Waals surface area (Å²) in [6.07, 6.45) is 8.93. The fourth-order valence-corrected chi connectivity index (χ4v) is 9.26. The third kappa shape index (κ3) is 2.10. The third-order valence-corrected chi connectivity index (χ3v) is 10.6. The summed E-state index contributed by atoms with van der Waals surface area (Å²) in [6.45, 7) is 11.2. The quantitative estimate of drug-likeness (QED) is 0.576. The van der Waals surface area contributed by atoms with Gasteiger partial charge in [-0.25, -0.2) is 0 Å². The maximum atomic E-state index is 6.64. The van der Waals surface area contributed by atoms with Crippen molar-refractivity contribution >= 4 is 8.72 Å². The molecule has 118 valence electrons. The van der Waals surface area contributed by atoms with E-state index < -0.39 is 8.72 Å². The molecule has 2 heterocycles. The minimum Gasteiger partial charge on any atom is -0.374 e. The predicted octanol–water partition coefficient (Wildman–Crippen LogP) is 3.45. The number of hydrogen-bond donors (Lipinski definition) is 0. The number of rotatable bonds is 2. The van der Waals surface area contributed by atoms with Crippen LogP contribution in [0.2, 0.25) is 6.04 Å². The van der Waals surface area contributed by atoms with Crippen LogP contribution in [-0.4, -0.2) is 37.6 Å². The van der Waals surface area contributed by atoms with E-state index in [1.807, 2.05) is 0 Å². The van der Waals surface area contributed by atoms with Gasteiger partial charge >= 0.3 is 8.72 Å². The van der Waals surface area contributed by atoms with Gasteiger partial charge in [0.1, 0.15) is 0 Å². The van der Waals surface area contributed by atoms with Crippen LogP contribution < -0.4 is 0 Å². The van der Waals surface area contributed by atoms with Crippen LogP contribution in [-0.2, 0) is 8.85 Å². The molecule has 4 aliphatic rings. The van der Waals surface area contributed by atoms with E-state index >= 15 is 0 Å². The number of nitrogens with zero attached hydrogens (tertiary/aromatic N) is 1. The molecule has 3 atom stereocenters. The van der Waals surface area contributed by atoms with Gasteiger partial charge in [-0.2, -0.15) is 0 Å². The molecule has 21 heavy (non-hydrogen) atoms. The van der Waals surface area contributed by atoms with E-state index in [4.69, 9.17) is 8.85 Å². The van der Waals surface area contributed by atoms with Crippen LogP contribution in [0.1, 0.15) is 47.0 Å². The number of allylic oxidation sites excluding steroid dienone is 2. The molecule has 1 spiro atoms. The Morgan fingerprint density at radius 2 is 1.81 bits per heavy atom. The molecule has 4 rings (SSSR count). The first kappa shape index (κ1) is 14.4. The van der Waals surface area contributed by atoms with Crippen LogP contribution >= 0.6 is 0 Å². The van der Waals surface area contributed by atoms with Gasteiger partial charge in [-0.05, 0) is 77.8 Å². The maximum Gasteiger partial charge on any atom is 0.428 e. The van der Waals surface area contributed by atoms with Crippen LogP contribution in [0.4, 0.5) is 0 Å². The summed E-state index contributed by atoms with van der Waals surface area (Å²) in [5, 5.41) is 0. The van der Waals surface area contributed by atoms with Crippen LogP contribution in [0.5, 0.6) is 0 Å². The zero-order valence-electron chi connectivity index (χ0n) is 13.9. The van der Waals surface area contributed by atoms with Gasteiger partial charge < -0.3 is 8.85 Å². The van der Waals surface area contributed by atoms with Gasteiger partial charge in [-0.1, -0.05) is 12.2 Å². The molecule has 0 amide bonds. The Labute approximate surface area is 130 Å². The van der Waals surface area contributed by atoms with E-state index in [-0.39, 0.29) is 11.2 Å². The summed E-state index contributed by atoms with van der Waals surface area (Å²) in [7, 11) is -2.16. The Morgan fingerprint density at radius 1 is 1.10 bits per heavy atom. The van der Waals surface area contributed by atoms with E-state index in [1.165, 1.54) is 32.4 Å². The van der Waals surface area contributed by atoms with Crippen LogP contribution in [0, 0.1) is 17.8 Å². The average Bonchev–Trinajstić information content (AvgIpc) is 3.07. The molecule has 3 unspecified atom stereocenters. The summed E-state index contributed by atoms with van der Waals surface area (Å²) >= 11 is 0. The lowest BCUT2D eigenvalue weighted by molar-refractivity contribution is 0.00578. The largest absolute Gasteiger partial charge is 0.428 e. The summed E-state index contributed by atoms with van der Waals surface area (Å²) in [4.78, 5) is 0. The van der Waals surface area contributed by atoms with E-state index in [0.29, 0.717) is 0 Å². The highest BCUT2D eigenvalue weighted by Crippen LogP contribution is 2.49. The van der Waals surface area contributed by atoms with Crippen LogP contribution in [0.25, 0.3) is 0 Å². The molecule has 0 aromatic rings. The van der Waals surface area contributed by atoms with E-state index in [1.54, 1.807) is 0 Å². The number of fused-ring (bicyclic) bond motifs is 2. The van der Waals surface area contributed by atoms with Gasteiger partial charge in [0, 0.05) is 6.04 Å². The highest BCUT2D eigenvalue weighted by molar-refractivity contribution is 6.66. The van der Waals surface area contributed by atoms with Gasteiger partial charge in [-0.15, -0.1) is 0 Å². The van der Waals surface area contributed by atoms with Crippen molar-refractivity contribution in [1.29, 1.82) is 0 Å². The second-order valence-electron chi connectivity index (χ2n) is 8.53. The van der Waals surface area contributed by atoms with E-state index in [9.17, 15) is 0 Å². The molecular weight excluding hydrogens is 278 g/mol. The Kier molecular flexibility index (Phi) is 3.05. The Balaban J connectivity index is 1.52. The van der Waals surface area contributed by atoms with Crippen molar-refractivity contribution in [3.8, 4) is 0 Å². The third-order valence-electron chi connectivity index (χ3n) is 6.55. The minimum absolute atomic E-state index is 0.170. The first-order chi connectivity index (χ1) is 9.81. The summed E-state index contributed by atoms with van der Waals surface area (Å²) in [6, 6.07) is 1.15. The zero-order valence-corrected chi connectivity index (χ0v) is 14.9. The zero-order chi connectivity index (χ0) is 14.9. The molecule has 0 aromatic heterocycles. The Bertz CT molecular complexity index is 457. The molecule has 0 aromatic carbocycles. The van der Waals surface area contributed by atoms with Gasteiger partial charge in [0.25, 0.3) is 0 Å². The van der Waals surface area contributed by atoms with Crippen molar-refractivity contribution < 1.29 is 8.85 Å². The topological polar surface area (TPSA) is 21.7 Å². The lowest BCUT2D eigenvalue weighted by Gasteiger charge is -2.34. The Morgan fingerprint density at radius 3 is 2.38 bits per heavy atom. The molecule has 2 aliphatic carbocycles. The molecule has 2 aliphatic heterocycles. The predicted molar refractivity (Wildman–Crippen MR) is 85.9 cm³/mol. The van der Waals surface area contributed by atoms with Crippen molar-refractivity contribution in [2.45, 2.75) is 64.2 Å². The van der Waals surface area contributed by atoms with Gasteiger partial charge in [0.2, 0.25) is 0 Å². The van der Waals surface area contributed by atoms with Crippen molar-refractivity contribution in [2.24, 2.45) is 17.8 Å². The maximum absolute atomic E-state index is 6.64. The highest BCUT2D eigenvalue weighted by Gasteiger charge is 2.64. The van der Waals surface area contributed by atoms with Gasteiger partial charge in [-0.3, -0.25) is 4.57 Å². The lowest BCUT2D eigenvalue weighted by atomic mass is 9.90. The molecule has 0 N–H and O–H groups in total. The molecule has 2 bridgehead atoms. The van der Waals surface area contributed by atoms with Crippen molar-refractivity contribution in [2.75, 3.05) is 13.1 Å². The van der Waals surface area contributed by atoms with Crippen molar-refractivity contribution in [1.82, 2.24) is 4.57 Å². The van der Waals surface area contributed by atoms with Crippen molar-refractivity contribution in [3.05, 3.63) is 12.2 Å². The summed E-state index contributed by atoms with van der Waals surface area (Å²) < 4.78 is 15.9. The first-order valence-corrected chi connectivity index (χ1v) is 10.6. The SMILES string of the molecule is CC1(C)O[Si]2(CCCN2CC2CC3C=CC2C3)OC1(C)C. The molecule has 0 radical (unpaired) electrons. The van der Waals surface area contributed by atoms with Gasteiger partial charge in [0.05, 0.1) is 11.2 Å². The normalized spacial score (nSPS) is 42.4. The summed E-state index contributed by atoms with van der Waals surface area (Å²) in [5.74, 6) is 2.52. The van der Waals surface area contributed by atoms with Gasteiger partial charge in [0.15, 0.2) is 0 Å². The summed E-state index contributed by atoms with van der Waals surface area (Å²) in [5.41, 5.74) is -0.340. The molecule has 3 fully saturated rings. The van der Waals surface area contributed by atoms with Crippen LogP contribution in [0.3, 0.4) is 0 Å². The minimum atomic E-state index is -2.16. The molecular formula is C17H29NO2Si. The average molecular weight is 308 g/mol. The second-order valence-corrected chi connectivity index (χ2v) is 11.5. The molecule has 1 saturated carbocycles. The molecule has 4 heteroatoms. The van der Waals surface area contributed by atoms with E-state index in [0.717, 1.165) is 23.8 Å². The molecule has 3 nitrogen and oxygen atoms in total. The van der Waals surface area contributed by atoms with Crippen LogP contribution in [0.15, 0.2) is 12.2 Å². The molecule has 2 saturated heterocycles. The standard InChI is InChI=1S/C17H29NO2Si/c1-16(2)17(3,4)20-21(19-16)9-5-8-18(21)12-15-11-13-6-7-14(15)10-13/h6-7,13-15H,5,8-12H2,1-4H3. The lowest BCUT2D eigenvalue weighted by Crippen LogP contribution is -2.54. The highest BCUT2D eigenvalue weighted by atomic mass is 28.4. The fourth-order valence-electron chi connectivity index (χ4n) is 4.73. The first-order valence-electron chi connectivity index (χ1n) is 8.65. The fraction of sp³-hybridized carbons (Fsp3) is 0.882. The monoisotopic (exact) mass is 307 g/mol. The smallest absolute Gasteiger partial charge is 0.374 e. The number of hydrogen-bond acceptors (Lipinski definition) is 3. The second kappa shape index (κ2) is 4.44.